The highest BCUT2D eigenvalue weighted by molar-refractivity contribution is 7.91. The van der Waals surface area contributed by atoms with Crippen LogP contribution in [0.4, 0.5) is 13.6 Å². The van der Waals surface area contributed by atoms with Crippen LogP contribution in [0.25, 0.3) is 22.2 Å². The first-order valence-corrected chi connectivity index (χ1v) is 23.6. The summed E-state index contributed by atoms with van der Waals surface area (Å²) < 4.78 is 85.7. The van der Waals surface area contributed by atoms with Crippen molar-refractivity contribution in [2.45, 2.75) is 139 Å². The Morgan fingerprint density at radius 1 is 1.06 bits per heavy atom. The minimum Gasteiger partial charge on any atom is -0.497 e. The van der Waals surface area contributed by atoms with Crippen molar-refractivity contribution in [2.75, 3.05) is 20.3 Å². The number of aromatic nitrogens is 2. The summed E-state index contributed by atoms with van der Waals surface area (Å²) in [4.78, 5) is 67.6. The van der Waals surface area contributed by atoms with Crippen LogP contribution in [0, 0.1) is 5.92 Å². The van der Waals surface area contributed by atoms with Gasteiger partial charge in [-0.05, 0) is 115 Å². The first-order valence-electron chi connectivity index (χ1n) is 22.1. The first-order chi connectivity index (χ1) is 31.0. The van der Waals surface area contributed by atoms with Crippen molar-refractivity contribution < 1.29 is 60.1 Å². The second kappa shape index (κ2) is 18.2. The molecule has 3 aromatic rings. The zero-order valence-electron chi connectivity index (χ0n) is 38.3. The molecule has 7 rings (SSSR count). The number of methoxy groups -OCH3 is 1. The van der Waals surface area contributed by atoms with Crippen molar-refractivity contribution >= 4 is 44.6 Å². The molecule has 4 heterocycles. The first kappa shape index (κ1) is 48.3. The molecular formula is C46H58F2N6O11S. The van der Waals surface area contributed by atoms with Crippen LogP contribution in [0.2, 0.25) is 0 Å². The number of carbonyl (C=O) groups is 4. The molecule has 4 aliphatic rings. The Kier molecular flexibility index (Phi) is 13.3. The summed E-state index contributed by atoms with van der Waals surface area (Å²) in [6, 6.07) is 7.67. The van der Waals surface area contributed by atoms with Crippen molar-refractivity contribution in [3.8, 4) is 28.8 Å². The molecule has 3 fully saturated rings. The van der Waals surface area contributed by atoms with Gasteiger partial charge in [0.15, 0.2) is 5.60 Å². The minimum atomic E-state index is -4.10. The number of halogens is 2. The largest absolute Gasteiger partial charge is 0.497 e. The van der Waals surface area contributed by atoms with Crippen LogP contribution in [0.3, 0.4) is 0 Å². The van der Waals surface area contributed by atoms with Crippen molar-refractivity contribution in [3.63, 3.8) is 0 Å². The number of allylic oxidation sites excluding steroid dienone is 1. The highest BCUT2D eigenvalue weighted by Crippen LogP contribution is 2.48. The van der Waals surface area contributed by atoms with Gasteiger partial charge in [0.05, 0.1) is 48.2 Å². The number of hydrogen-bond donors (Lipinski definition) is 3. The number of hydrogen-bond acceptors (Lipinski definition) is 13. The molecule has 20 heteroatoms. The minimum absolute atomic E-state index is 0.0763. The van der Waals surface area contributed by atoms with E-state index in [4.69, 9.17) is 28.7 Å². The zero-order chi connectivity index (χ0) is 48.0. The summed E-state index contributed by atoms with van der Waals surface area (Å²) in [5, 5.41) is 6.48. The third-order valence-corrected chi connectivity index (χ3v) is 14.9. The molecule has 3 N–H and O–H groups in total. The van der Waals surface area contributed by atoms with E-state index < -0.39 is 85.9 Å². The maximum absolute atomic E-state index is 14.9. The number of carbonyl (C=O) groups excluding carboxylic acids is 4. The van der Waals surface area contributed by atoms with Gasteiger partial charge in [-0.2, -0.15) is 0 Å². The number of ether oxygens (including phenoxy) is 5. The highest BCUT2D eigenvalue weighted by Gasteiger charge is 2.63. The molecule has 0 bridgehead atoms. The molecule has 358 valence electrons. The number of fused-ring (bicyclic) bond motifs is 3. The van der Waals surface area contributed by atoms with E-state index in [9.17, 15) is 36.4 Å². The van der Waals surface area contributed by atoms with E-state index in [1.165, 1.54) is 18.9 Å². The molecule has 0 radical (unpaired) electrons. The van der Waals surface area contributed by atoms with Crippen molar-refractivity contribution in [3.05, 3.63) is 54.7 Å². The smallest absolute Gasteiger partial charge is 0.408 e. The summed E-state index contributed by atoms with van der Waals surface area (Å²) in [6.45, 7) is 9.37. The lowest BCUT2D eigenvalue weighted by Crippen LogP contribution is -2.60. The van der Waals surface area contributed by atoms with Gasteiger partial charge in [0.25, 0.3) is 11.8 Å². The van der Waals surface area contributed by atoms with Gasteiger partial charge in [-0.3, -0.25) is 24.1 Å². The number of amides is 4. The van der Waals surface area contributed by atoms with Gasteiger partial charge in [0, 0.05) is 31.3 Å². The average molecular weight is 941 g/mol. The average Bonchev–Trinajstić information content (AvgIpc) is 4.12. The molecule has 6 atom stereocenters. The number of alkyl halides is 2. The molecule has 1 saturated heterocycles. The molecule has 1 aromatic carbocycles. The molecule has 4 amide bonds. The predicted molar refractivity (Wildman–Crippen MR) is 237 cm³/mol. The van der Waals surface area contributed by atoms with Crippen LogP contribution in [0.5, 0.6) is 17.4 Å². The summed E-state index contributed by atoms with van der Waals surface area (Å²) >= 11 is 0. The van der Waals surface area contributed by atoms with Gasteiger partial charge in [-0.25, -0.2) is 27.0 Å². The fourth-order valence-corrected chi connectivity index (χ4v) is 9.20. The normalized spacial score (nSPS) is 26.2. The number of alkyl carbamates (subject to hydrolysis) is 1. The Labute approximate surface area is 382 Å². The molecule has 2 aliphatic heterocycles. The monoisotopic (exact) mass is 940 g/mol. The van der Waals surface area contributed by atoms with Gasteiger partial charge in [0.1, 0.15) is 35.2 Å². The van der Waals surface area contributed by atoms with E-state index in [1.807, 2.05) is 19.9 Å². The summed E-state index contributed by atoms with van der Waals surface area (Å²) in [5.74, 6) is -5.32. The fraction of sp³-hybridized carbons (Fsp3) is 0.565. The second-order valence-electron chi connectivity index (χ2n) is 18.6. The van der Waals surface area contributed by atoms with Gasteiger partial charge >= 0.3 is 6.09 Å². The van der Waals surface area contributed by atoms with Gasteiger partial charge in [-0.1, -0.05) is 12.2 Å². The van der Waals surface area contributed by atoms with Crippen molar-refractivity contribution in [1.29, 1.82) is 0 Å². The fourth-order valence-electron chi connectivity index (χ4n) is 7.89. The molecule has 2 aromatic heterocycles. The highest BCUT2D eigenvalue weighted by atomic mass is 32.2. The predicted octanol–water partition coefficient (Wildman–Crippen LogP) is 5.60. The lowest BCUT2D eigenvalue weighted by molar-refractivity contribution is -0.153. The van der Waals surface area contributed by atoms with E-state index >= 15 is 0 Å². The van der Waals surface area contributed by atoms with E-state index in [0.717, 1.165) is 13.8 Å². The molecule has 66 heavy (non-hydrogen) atoms. The van der Waals surface area contributed by atoms with Crippen LogP contribution in [0.1, 0.15) is 87.0 Å². The SMILES string of the molecule is COc1ccc2c(O[C@@H]3C[C@H]4C(=O)N[C@]5(C(=O)NS(=O)(=O)C6(C)CC6)C[C@H]5/C=C\CCCO[C@@H](C)[C@H](NC(=O)OC(C)(C)C(C)(F)F)C(=O)N4C3)nc(-c3ccc(OC(C)C)cn3)cc2c1. The number of nitrogens with zero attached hydrogens (tertiary/aromatic N) is 3. The van der Waals surface area contributed by atoms with Crippen molar-refractivity contribution in [1.82, 2.24) is 30.2 Å². The molecule has 17 nitrogen and oxygen atoms in total. The van der Waals surface area contributed by atoms with Gasteiger partial charge < -0.3 is 39.2 Å². The van der Waals surface area contributed by atoms with E-state index in [2.05, 4.69) is 20.3 Å². The van der Waals surface area contributed by atoms with Crippen LogP contribution >= 0.6 is 0 Å². The Bertz CT molecular complexity index is 2500. The number of rotatable bonds is 12. The summed E-state index contributed by atoms with van der Waals surface area (Å²) in [5.41, 5.74) is -3.04. The van der Waals surface area contributed by atoms with E-state index in [1.54, 1.807) is 55.6 Å². The molecular weight excluding hydrogens is 883 g/mol. The molecule has 0 unspecified atom stereocenters. The van der Waals surface area contributed by atoms with Gasteiger partial charge in [0.2, 0.25) is 27.7 Å². The maximum atomic E-state index is 14.9. The van der Waals surface area contributed by atoms with Crippen LogP contribution in [-0.4, -0.2) is 120 Å². The molecule has 2 aliphatic carbocycles. The lowest BCUT2D eigenvalue weighted by atomic mass is 10.0. The third kappa shape index (κ3) is 10.2. The number of benzene rings is 1. The molecule has 0 spiro atoms. The maximum Gasteiger partial charge on any atom is 0.408 e. The summed E-state index contributed by atoms with van der Waals surface area (Å²) in [7, 11) is -2.57. The Morgan fingerprint density at radius 3 is 2.44 bits per heavy atom. The topological polar surface area (TPSA) is 214 Å². The number of pyridine rings is 2. The van der Waals surface area contributed by atoms with Crippen LogP contribution in [-0.2, 0) is 33.9 Å². The van der Waals surface area contributed by atoms with E-state index in [-0.39, 0.29) is 38.0 Å². The standard InChI is InChI=1S/C46H58F2N6O11S/c1-26(2)63-31-14-16-34(49-24-31)35-21-28-20-30(61-8)13-15-33(28)39(50-35)64-32-22-36-38(55)52-46(41(57)53-66(59,60)44(6)17-18-44)23-29(46)12-10-9-11-19-62-27(3)37(40(56)54(36)25-32)51-42(58)65-43(4,5)45(7,47)48/h10,12-16,20-21,24,26-27,29,32,36-37H,9,11,17-19,22-23,25H2,1-8H3,(H,51,58)(H,52,55)(H,53,57)/b12-10-/t27-,29+,32+,36-,37-,46+/m0/s1. The van der Waals surface area contributed by atoms with E-state index in [0.29, 0.717) is 66.3 Å². The molecule has 2 saturated carbocycles. The third-order valence-electron chi connectivity index (χ3n) is 12.8. The Hall–Kier alpha value is -5.63. The Balaban J connectivity index is 1.25. The van der Waals surface area contributed by atoms with Crippen LogP contribution < -0.4 is 29.6 Å². The summed E-state index contributed by atoms with van der Waals surface area (Å²) in [6.07, 6.45) is 3.29. The Morgan fingerprint density at radius 2 is 1.79 bits per heavy atom. The number of nitrogens with one attached hydrogen (secondary N) is 3. The zero-order valence-corrected chi connectivity index (χ0v) is 39.1. The van der Waals surface area contributed by atoms with Crippen molar-refractivity contribution in [2.24, 2.45) is 5.92 Å². The van der Waals surface area contributed by atoms with Gasteiger partial charge in [-0.15, -0.1) is 0 Å². The van der Waals surface area contributed by atoms with Crippen LogP contribution in [0.15, 0.2) is 54.7 Å². The lowest BCUT2D eigenvalue weighted by Gasteiger charge is -2.34. The number of sulfonamides is 1. The second-order valence-corrected chi connectivity index (χ2v) is 20.8. The quantitative estimate of drug-likeness (QED) is 0.189.